The summed E-state index contributed by atoms with van der Waals surface area (Å²) in [6, 6.07) is -1.10. The highest BCUT2D eigenvalue weighted by molar-refractivity contribution is 5.73. The second-order valence-corrected chi connectivity index (χ2v) is 3.02. The average Bonchev–Trinajstić information content (AvgIpc) is 2.20. The molecule has 4 N–H and O–H groups in total. The second-order valence-electron chi connectivity index (χ2n) is 3.02. The molecule has 0 aliphatic carbocycles. The number of allylic oxidation sites excluding steroid dienone is 2. The van der Waals surface area contributed by atoms with Crippen molar-refractivity contribution in [3.63, 3.8) is 0 Å². The zero-order valence-electron chi connectivity index (χ0n) is 7.88. The van der Waals surface area contributed by atoms with Crippen LogP contribution in [0.5, 0.6) is 0 Å². The maximum Gasteiger partial charge on any atom is 0.320 e. The van der Waals surface area contributed by atoms with Crippen molar-refractivity contribution >= 4 is 5.97 Å². The molecule has 15 heavy (non-hydrogen) atoms. The van der Waals surface area contributed by atoms with Crippen molar-refractivity contribution in [2.45, 2.75) is 18.8 Å². The Morgan fingerprint density at radius 3 is 3.00 bits per heavy atom. The van der Waals surface area contributed by atoms with Crippen molar-refractivity contribution in [3.8, 4) is 12.3 Å². The van der Waals surface area contributed by atoms with Crippen molar-refractivity contribution in [2.24, 2.45) is 5.73 Å². The molecule has 0 aromatic rings. The molecule has 1 rings (SSSR count). The molecule has 0 radical (unpaired) electrons. The first-order valence-corrected chi connectivity index (χ1v) is 4.24. The van der Waals surface area contributed by atoms with Gasteiger partial charge in [0.2, 0.25) is 6.29 Å². The van der Waals surface area contributed by atoms with Crippen molar-refractivity contribution in [1.29, 1.82) is 0 Å². The predicted molar refractivity (Wildman–Crippen MR) is 52.3 cm³/mol. The van der Waals surface area contributed by atoms with Gasteiger partial charge >= 0.3 is 5.97 Å². The summed E-state index contributed by atoms with van der Waals surface area (Å²) in [5, 5.41) is 18.0. The van der Waals surface area contributed by atoms with E-state index in [2.05, 4.69) is 5.92 Å². The van der Waals surface area contributed by atoms with Crippen molar-refractivity contribution in [1.82, 2.24) is 0 Å². The number of aliphatic carboxylic acids is 1. The minimum absolute atomic E-state index is 0.0413. The average molecular weight is 209 g/mol. The van der Waals surface area contributed by atoms with Gasteiger partial charge in [-0.3, -0.25) is 4.79 Å². The molecule has 1 aliphatic heterocycles. The monoisotopic (exact) mass is 209 g/mol. The van der Waals surface area contributed by atoms with Gasteiger partial charge in [-0.05, 0) is 6.08 Å². The van der Waals surface area contributed by atoms with Crippen LogP contribution < -0.4 is 5.73 Å². The Morgan fingerprint density at radius 1 is 1.80 bits per heavy atom. The minimum Gasteiger partial charge on any atom is -0.480 e. The Hall–Kier alpha value is -1.77. The summed E-state index contributed by atoms with van der Waals surface area (Å²) in [6.45, 7) is 0. The Labute approximate surface area is 86.8 Å². The van der Waals surface area contributed by atoms with Gasteiger partial charge in [-0.15, -0.1) is 6.42 Å². The smallest absolute Gasteiger partial charge is 0.320 e. The van der Waals surface area contributed by atoms with Crippen LogP contribution in [0, 0.1) is 12.3 Å². The number of hydrogen-bond donors (Lipinski definition) is 3. The number of nitrogens with two attached hydrogens (primary N) is 1. The van der Waals surface area contributed by atoms with Crippen molar-refractivity contribution in [3.05, 3.63) is 23.5 Å². The fourth-order valence-corrected chi connectivity index (χ4v) is 1.18. The first kappa shape index (κ1) is 11.3. The van der Waals surface area contributed by atoms with E-state index >= 15 is 0 Å². The molecule has 1 aliphatic rings. The molecule has 0 bridgehead atoms. The zero-order valence-corrected chi connectivity index (χ0v) is 7.88. The van der Waals surface area contributed by atoms with E-state index in [0.29, 0.717) is 11.1 Å². The second kappa shape index (κ2) is 4.64. The van der Waals surface area contributed by atoms with Gasteiger partial charge in [0.15, 0.2) is 0 Å². The maximum atomic E-state index is 10.5. The van der Waals surface area contributed by atoms with Crippen molar-refractivity contribution < 1.29 is 19.7 Å². The van der Waals surface area contributed by atoms with Gasteiger partial charge in [0.1, 0.15) is 6.04 Å². The van der Waals surface area contributed by atoms with Gasteiger partial charge in [-0.2, -0.15) is 0 Å². The van der Waals surface area contributed by atoms with E-state index in [9.17, 15) is 9.90 Å². The van der Waals surface area contributed by atoms with Crippen LogP contribution in [0.15, 0.2) is 23.5 Å². The van der Waals surface area contributed by atoms with Crippen LogP contribution in [0.3, 0.4) is 0 Å². The Balaban J connectivity index is 2.89. The first-order chi connectivity index (χ1) is 7.06. The summed E-state index contributed by atoms with van der Waals surface area (Å²) in [5.74, 6) is 1.18. The highest BCUT2D eigenvalue weighted by atomic mass is 16.6. The molecular weight excluding hydrogens is 198 g/mol. The highest BCUT2D eigenvalue weighted by Gasteiger charge is 2.23. The van der Waals surface area contributed by atoms with Crippen LogP contribution >= 0.6 is 0 Å². The quantitative estimate of drug-likeness (QED) is 0.549. The number of rotatable bonds is 3. The topological polar surface area (TPSA) is 92.8 Å². The SMILES string of the molecule is C#CC1=C(C[C@@H](N)C(=O)O)[C@H](O)OC=C1. The molecule has 5 heteroatoms. The normalized spacial score (nSPS) is 21.8. The Bertz CT molecular complexity index is 364. The lowest BCUT2D eigenvalue weighted by atomic mass is 9.99. The first-order valence-electron chi connectivity index (χ1n) is 4.24. The van der Waals surface area contributed by atoms with E-state index in [1.165, 1.54) is 12.3 Å². The van der Waals surface area contributed by atoms with E-state index in [-0.39, 0.29) is 6.42 Å². The van der Waals surface area contributed by atoms with Gasteiger partial charge in [-0.25, -0.2) is 0 Å². The highest BCUT2D eigenvalue weighted by Crippen LogP contribution is 2.21. The fraction of sp³-hybridized carbons (Fsp3) is 0.300. The number of aliphatic hydroxyl groups excluding tert-OH is 1. The number of terminal acetylenes is 1. The number of ether oxygens (including phenoxy) is 1. The number of carboxylic acid groups (broad SMARTS) is 1. The summed E-state index contributed by atoms with van der Waals surface area (Å²) < 4.78 is 4.78. The molecule has 1 heterocycles. The number of carboxylic acids is 1. The molecule has 0 amide bonds. The fourth-order valence-electron chi connectivity index (χ4n) is 1.18. The number of carbonyl (C=O) groups is 1. The molecular formula is C10H11NO4. The van der Waals surface area contributed by atoms with Crippen LogP contribution in [-0.4, -0.2) is 28.5 Å². The van der Waals surface area contributed by atoms with Gasteiger partial charge in [0, 0.05) is 17.6 Å². The summed E-state index contributed by atoms with van der Waals surface area (Å²) >= 11 is 0. The zero-order chi connectivity index (χ0) is 11.4. The van der Waals surface area contributed by atoms with Gasteiger partial charge in [0.05, 0.1) is 6.26 Å². The molecule has 0 spiro atoms. The maximum absolute atomic E-state index is 10.5. The van der Waals surface area contributed by atoms with Crippen LogP contribution in [0.2, 0.25) is 0 Å². The van der Waals surface area contributed by atoms with E-state index in [1.807, 2.05) is 0 Å². The lowest BCUT2D eigenvalue weighted by Crippen LogP contribution is -2.33. The van der Waals surface area contributed by atoms with Crippen LogP contribution in [-0.2, 0) is 9.53 Å². The van der Waals surface area contributed by atoms with Crippen LogP contribution in [0.1, 0.15) is 6.42 Å². The lowest BCUT2D eigenvalue weighted by molar-refractivity contribution is -0.138. The molecule has 0 aromatic carbocycles. The third kappa shape index (κ3) is 2.59. The third-order valence-corrected chi connectivity index (χ3v) is 2.00. The summed E-state index contributed by atoms with van der Waals surface area (Å²) in [7, 11) is 0. The van der Waals surface area contributed by atoms with Gasteiger partial charge in [-0.1, -0.05) is 5.92 Å². The summed E-state index contributed by atoms with van der Waals surface area (Å²) in [5.41, 5.74) is 6.06. The number of hydrogen-bond acceptors (Lipinski definition) is 4. The van der Waals surface area contributed by atoms with E-state index in [1.54, 1.807) is 0 Å². The summed E-state index contributed by atoms with van der Waals surface area (Å²) in [6.07, 6.45) is 6.68. The molecule has 0 saturated heterocycles. The van der Waals surface area contributed by atoms with Crippen molar-refractivity contribution in [2.75, 3.05) is 0 Å². The molecule has 80 valence electrons. The van der Waals surface area contributed by atoms with Gasteiger partial charge < -0.3 is 20.7 Å². The molecule has 0 unspecified atom stereocenters. The van der Waals surface area contributed by atoms with Gasteiger partial charge in [0.25, 0.3) is 0 Å². The Morgan fingerprint density at radius 2 is 2.47 bits per heavy atom. The molecule has 0 aromatic heterocycles. The lowest BCUT2D eigenvalue weighted by Gasteiger charge is -2.20. The van der Waals surface area contributed by atoms with Crippen LogP contribution in [0.25, 0.3) is 0 Å². The molecule has 0 saturated carbocycles. The van der Waals surface area contributed by atoms with E-state index in [4.69, 9.17) is 22.0 Å². The molecule has 0 fully saturated rings. The predicted octanol–water partition coefficient (Wildman–Crippen LogP) is -0.420. The van der Waals surface area contributed by atoms with E-state index in [0.717, 1.165) is 0 Å². The minimum atomic E-state index is -1.22. The largest absolute Gasteiger partial charge is 0.480 e. The Kier molecular flexibility index (Phi) is 3.50. The third-order valence-electron chi connectivity index (χ3n) is 2.00. The summed E-state index contributed by atoms with van der Waals surface area (Å²) in [4.78, 5) is 10.5. The van der Waals surface area contributed by atoms with E-state index < -0.39 is 18.3 Å². The number of aliphatic hydroxyl groups is 1. The molecule has 5 nitrogen and oxygen atoms in total. The molecule has 2 atom stereocenters. The van der Waals surface area contributed by atoms with Crippen LogP contribution in [0.4, 0.5) is 0 Å². The standard InChI is InChI=1S/C10H11NO4/c1-2-6-3-4-15-10(14)7(6)5-8(11)9(12)13/h1,3-4,8,10,14H,5,11H2,(H,12,13)/t8-,10-/m1/s1.